The Kier molecular flexibility index (Phi) is 3.19. The molecule has 92 valence electrons. The molecule has 1 aliphatic rings. The molecule has 0 spiro atoms. The van der Waals surface area contributed by atoms with E-state index in [-0.39, 0.29) is 6.10 Å². The summed E-state index contributed by atoms with van der Waals surface area (Å²) in [4.78, 5) is 10.7. The average molecular weight is 241 g/mol. The molecular formula is C14H15N3O. The third-order valence-electron chi connectivity index (χ3n) is 3.07. The molecular weight excluding hydrogens is 226 g/mol. The zero-order chi connectivity index (χ0) is 12.2. The summed E-state index contributed by atoms with van der Waals surface area (Å²) in [6.07, 6.45) is 3.65. The van der Waals surface area contributed by atoms with Crippen LogP contribution in [0.3, 0.4) is 0 Å². The van der Waals surface area contributed by atoms with E-state index in [0.717, 1.165) is 19.0 Å². The zero-order valence-electron chi connectivity index (χ0n) is 10.1. The lowest BCUT2D eigenvalue weighted by molar-refractivity contribution is 0.0392. The zero-order valence-corrected chi connectivity index (χ0v) is 10.1. The average Bonchev–Trinajstić information content (AvgIpc) is 2.49. The Morgan fingerprint density at radius 2 is 1.83 bits per heavy atom. The maximum atomic E-state index is 5.82. The van der Waals surface area contributed by atoms with Gasteiger partial charge in [0.05, 0.1) is 13.2 Å². The van der Waals surface area contributed by atoms with E-state index in [1.807, 2.05) is 24.3 Å². The van der Waals surface area contributed by atoms with Crippen LogP contribution in [-0.2, 0) is 4.74 Å². The predicted octanol–water partition coefficient (Wildman–Crippen LogP) is 2.05. The molecule has 1 aromatic heterocycles. The Morgan fingerprint density at radius 1 is 1.06 bits per heavy atom. The molecule has 3 rings (SSSR count). The van der Waals surface area contributed by atoms with Gasteiger partial charge in [0.15, 0.2) is 0 Å². The lowest BCUT2D eigenvalue weighted by Crippen LogP contribution is -2.39. The fourth-order valence-corrected chi connectivity index (χ4v) is 2.15. The minimum Gasteiger partial charge on any atom is -0.370 e. The highest BCUT2D eigenvalue weighted by Gasteiger charge is 2.23. The van der Waals surface area contributed by atoms with Crippen molar-refractivity contribution in [3.05, 3.63) is 54.4 Å². The summed E-state index contributed by atoms with van der Waals surface area (Å²) in [5.41, 5.74) is 1.21. The van der Waals surface area contributed by atoms with E-state index in [1.165, 1.54) is 5.56 Å². The van der Waals surface area contributed by atoms with Crippen LogP contribution < -0.4 is 4.90 Å². The fraction of sp³-hybridized carbons (Fsp3) is 0.286. The largest absolute Gasteiger partial charge is 0.370 e. The molecule has 4 heteroatoms. The minimum absolute atomic E-state index is 0.101. The van der Waals surface area contributed by atoms with Crippen LogP contribution in [0.15, 0.2) is 48.8 Å². The lowest BCUT2D eigenvalue weighted by Gasteiger charge is -2.33. The van der Waals surface area contributed by atoms with Crippen molar-refractivity contribution in [1.82, 2.24) is 9.97 Å². The van der Waals surface area contributed by atoms with Crippen molar-refractivity contribution in [1.29, 1.82) is 0 Å². The number of aromatic nitrogens is 2. The first-order valence-corrected chi connectivity index (χ1v) is 6.12. The number of rotatable bonds is 2. The smallest absolute Gasteiger partial charge is 0.225 e. The SMILES string of the molecule is c1ccc([C@H]2CN(c3ncccn3)CCO2)cc1. The Balaban J connectivity index is 1.77. The summed E-state index contributed by atoms with van der Waals surface area (Å²) in [5.74, 6) is 0.779. The van der Waals surface area contributed by atoms with Crippen LogP contribution >= 0.6 is 0 Å². The number of nitrogens with zero attached hydrogens (tertiary/aromatic N) is 3. The number of anilines is 1. The van der Waals surface area contributed by atoms with Crippen molar-refractivity contribution < 1.29 is 4.74 Å². The first-order chi connectivity index (χ1) is 8.93. The molecule has 1 aromatic carbocycles. The topological polar surface area (TPSA) is 38.2 Å². The van der Waals surface area contributed by atoms with Crippen molar-refractivity contribution in [2.75, 3.05) is 24.6 Å². The van der Waals surface area contributed by atoms with Crippen LogP contribution in [0.5, 0.6) is 0 Å². The highest BCUT2D eigenvalue weighted by molar-refractivity contribution is 5.31. The monoisotopic (exact) mass is 241 g/mol. The van der Waals surface area contributed by atoms with Crippen molar-refractivity contribution in [2.45, 2.75) is 6.10 Å². The Bertz CT molecular complexity index is 443. The molecule has 2 aromatic rings. The molecule has 2 heterocycles. The molecule has 0 aliphatic carbocycles. The van der Waals surface area contributed by atoms with Gasteiger partial charge in [-0.1, -0.05) is 30.3 Å². The van der Waals surface area contributed by atoms with Gasteiger partial charge in [0.1, 0.15) is 6.10 Å². The van der Waals surface area contributed by atoms with Crippen LogP contribution in [0.2, 0.25) is 0 Å². The van der Waals surface area contributed by atoms with Gasteiger partial charge in [0, 0.05) is 18.9 Å². The van der Waals surface area contributed by atoms with E-state index >= 15 is 0 Å². The molecule has 0 N–H and O–H groups in total. The first kappa shape index (κ1) is 11.2. The number of morpholine rings is 1. The molecule has 1 saturated heterocycles. The molecule has 4 nitrogen and oxygen atoms in total. The second kappa shape index (κ2) is 5.14. The molecule has 1 atom stereocenters. The van der Waals surface area contributed by atoms with Crippen LogP contribution in [0.1, 0.15) is 11.7 Å². The maximum Gasteiger partial charge on any atom is 0.225 e. The number of hydrogen-bond donors (Lipinski definition) is 0. The van der Waals surface area contributed by atoms with Gasteiger partial charge in [0.2, 0.25) is 5.95 Å². The van der Waals surface area contributed by atoms with E-state index < -0.39 is 0 Å². The van der Waals surface area contributed by atoms with Crippen molar-refractivity contribution in [3.63, 3.8) is 0 Å². The predicted molar refractivity (Wildman–Crippen MR) is 69.4 cm³/mol. The summed E-state index contributed by atoms with van der Waals surface area (Å²) >= 11 is 0. The second-order valence-electron chi connectivity index (χ2n) is 4.26. The highest BCUT2D eigenvalue weighted by atomic mass is 16.5. The third-order valence-corrected chi connectivity index (χ3v) is 3.07. The molecule has 0 bridgehead atoms. The van der Waals surface area contributed by atoms with Crippen LogP contribution in [0.25, 0.3) is 0 Å². The van der Waals surface area contributed by atoms with E-state index in [4.69, 9.17) is 4.74 Å². The minimum atomic E-state index is 0.101. The molecule has 0 unspecified atom stereocenters. The van der Waals surface area contributed by atoms with Gasteiger partial charge < -0.3 is 9.64 Å². The lowest BCUT2D eigenvalue weighted by atomic mass is 10.1. The standard InChI is InChI=1S/C14H15N3O/c1-2-5-12(6-3-1)13-11-17(9-10-18-13)14-15-7-4-8-16-14/h1-8,13H,9-11H2/t13-/m1/s1. The Morgan fingerprint density at radius 3 is 2.61 bits per heavy atom. The van der Waals surface area contributed by atoms with Crippen molar-refractivity contribution in [3.8, 4) is 0 Å². The number of ether oxygens (including phenoxy) is 1. The fourth-order valence-electron chi connectivity index (χ4n) is 2.15. The Hall–Kier alpha value is -1.94. The molecule has 0 saturated carbocycles. The van der Waals surface area contributed by atoms with Gasteiger partial charge in [-0.05, 0) is 11.6 Å². The van der Waals surface area contributed by atoms with Gasteiger partial charge in [-0.15, -0.1) is 0 Å². The van der Waals surface area contributed by atoms with Crippen LogP contribution in [0.4, 0.5) is 5.95 Å². The van der Waals surface area contributed by atoms with E-state index in [1.54, 1.807) is 12.4 Å². The highest BCUT2D eigenvalue weighted by Crippen LogP contribution is 2.23. The third kappa shape index (κ3) is 2.33. The summed E-state index contributed by atoms with van der Waals surface area (Å²) in [6.45, 7) is 2.35. The number of benzene rings is 1. The quantitative estimate of drug-likeness (QED) is 0.806. The normalized spacial score (nSPS) is 19.8. The van der Waals surface area contributed by atoms with Gasteiger partial charge in [-0.3, -0.25) is 0 Å². The van der Waals surface area contributed by atoms with Crippen molar-refractivity contribution >= 4 is 5.95 Å². The van der Waals surface area contributed by atoms with Gasteiger partial charge in [-0.25, -0.2) is 9.97 Å². The summed E-state index contributed by atoms with van der Waals surface area (Å²) < 4.78 is 5.82. The van der Waals surface area contributed by atoms with Crippen LogP contribution in [-0.4, -0.2) is 29.7 Å². The summed E-state index contributed by atoms with van der Waals surface area (Å²) in [6, 6.07) is 12.1. The molecule has 0 amide bonds. The Labute approximate surface area is 106 Å². The van der Waals surface area contributed by atoms with Gasteiger partial charge >= 0.3 is 0 Å². The first-order valence-electron chi connectivity index (χ1n) is 6.12. The van der Waals surface area contributed by atoms with Crippen LogP contribution in [0, 0.1) is 0 Å². The summed E-state index contributed by atoms with van der Waals surface area (Å²) in [7, 11) is 0. The molecule has 1 aliphatic heterocycles. The van der Waals surface area contributed by atoms with Gasteiger partial charge in [-0.2, -0.15) is 0 Å². The maximum absolute atomic E-state index is 5.82. The van der Waals surface area contributed by atoms with E-state index in [0.29, 0.717) is 6.61 Å². The number of hydrogen-bond acceptors (Lipinski definition) is 4. The van der Waals surface area contributed by atoms with E-state index in [9.17, 15) is 0 Å². The van der Waals surface area contributed by atoms with Gasteiger partial charge in [0.25, 0.3) is 0 Å². The second-order valence-corrected chi connectivity index (χ2v) is 4.26. The van der Waals surface area contributed by atoms with Crippen molar-refractivity contribution in [2.24, 2.45) is 0 Å². The van der Waals surface area contributed by atoms with E-state index in [2.05, 4.69) is 27.0 Å². The summed E-state index contributed by atoms with van der Waals surface area (Å²) in [5, 5.41) is 0. The molecule has 1 fully saturated rings. The molecule has 18 heavy (non-hydrogen) atoms. The molecule has 0 radical (unpaired) electrons.